The van der Waals surface area contributed by atoms with Gasteiger partial charge >= 0.3 is 11.9 Å². The van der Waals surface area contributed by atoms with Gasteiger partial charge in [-0.15, -0.1) is 0 Å². The van der Waals surface area contributed by atoms with Crippen molar-refractivity contribution in [1.29, 1.82) is 0 Å². The molecule has 0 saturated heterocycles. The molecule has 0 fully saturated rings. The lowest BCUT2D eigenvalue weighted by Crippen LogP contribution is -2.41. The highest BCUT2D eigenvalue weighted by Gasteiger charge is 2.46. The molecule has 0 rings (SSSR count). The minimum atomic E-state index is -1.45. The summed E-state index contributed by atoms with van der Waals surface area (Å²) in [4.78, 5) is 23.5. The van der Waals surface area contributed by atoms with Gasteiger partial charge in [-0.2, -0.15) is 0 Å². The van der Waals surface area contributed by atoms with Crippen LogP contribution in [0.4, 0.5) is 0 Å². The molecule has 0 spiro atoms. The van der Waals surface area contributed by atoms with Crippen molar-refractivity contribution in [3.8, 4) is 0 Å². The fourth-order valence-corrected chi connectivity index (χ4v) is 2.05. The summed E-state index contributed by atoms with van der Waals surface area (Å²) in [5, 5.41) is 9.43. The molecule has 6 nitrogen and oxygen atoms in total. The third-order valence-corrected chi connectivity index (χ3v) is 3.08. The highest BCUT2D eigenvalue weighted by Crippen LogP contribution is 2.32. The lowest BCUT2D eigenvalue weighted by atomic mass is 9.79. The van der Waals surface area contributed by atoms with E-state index in [1.165, 1.54) is 0 Å². The number of rotatable bonds is 12. The number of esters is 1. The van der Waals surface area contributed by atoms with Crippen molar-refractivity contribution in [1.82, 2.24) is 0 Å². The van der Waals surface area contributed by atoms with E-state index in [9.17, 15) is 14.7 Å². The first-order valence-electron chi connectivity index (χ1n) is 7.02. The van der Waals surface area contributed by atoms with Gasteiger partial charge in [0.1, 0.15) is 0 Å². The maximum absolute atomic E-state index is 12.0. The van der Waals surface area contributed by atoms with Gasteiger partial charge in [-0.1, -0.05) is 13.3 Å². The maximum atomic E-state index is 12.0. The number of aliphatic carboxylic acids is 1. The zero-order valence-corrected chi connectivity index (χ0v) is 12.6. The van der Waals surface area contributed by atoms with Crippen LogP contribution < -0.4 is 0 Å². The molecule has 118 valence electrons. The van der Waals surface area contributed by atoms with Crippen LogP contribution in [0.1, 0.15) is 39.5 Å². The zero-order valence-electron chi connectivity index (χ0n) is 12.6. The topological polar surface area (TPSA) is 82.1 Å². The summed E-state index contributed by atoms with van der Waals surface area (Å²) in [6.07, 6.45) is 1.60. The first-order valence-corrected chi connectivity index (χ1v) is 7.02. The summed E-state index contributed by atoms with van der Waals surface area (Å²) >= 11 is 0. The number of carboxylic acid groups (broad SMARTS) is 1. The molecule has 0 aliphatic carbocycles. The van der Waals surface area contributed by atoms with E-state index < -0.39 is 17.4 Å². The molecular formula is C14H26O6. The fourth-order valence-electron chi connectivity index (χ4n) is 2.05. The van der Waals surface area contributed by atoms with Crippen LogP contribution in [0, 0.1) is 5.41 Å². The second-order valence-corrected chi connectivity index (χ2v) is 4.57. The molecule has 0 radical (unpaired) electrons. The van der Waals surface area contributed by atoms with Crippen LogP contribution in [-0.4, -0.2) is 50.6 Å². The quantitative estimate of drug-likeness (QED) is 0.335. The second kappa shape index (κ2) is 10.6. The summed E-state index contributed by atoms with van der Waals surface area (Å²) < 4.78 is 15.1. The molecule has 0 bridgehead atoms. The second-order valence-electron chi connectivity index (χ2n) is 4.57. The molecule has 1 atom stereocenters. The van der Waals surface area contributed by atoms with Gasteiger partial charge in [0.25, 0.3) is 0 Å². The Labute approximate surface area is 120 Å². The average Bonchev–Trinajstić information content (AvgIpc) is 2.41. The Kier molecular flexibility index (Phi) is 10.0. The lowest BCUT2D eigenvalue weighted by Gasteiger charge is -2.26. The first kappa shape index (κ1) is 18.9. The molecule has 0 aliphatic heterocycles. The Balaban J connectivity index is 4.51. The first-order chi connectivity index (χ1) is 9.55. The Morgan fingerprint density at radius 3 is 2.30 bits per heavy atom. The van der Waals surface area contributed by atoms with Crippen LogP contribution in [0.2, 0.25) is 0 Å². The third-order valence-electron chi connectivity index (χ3n) is 3.08. The van der Waals surface area contributed by atoms with Gasteiger partial charge in [0.05, 0.1) is 19.8 Å². The monoisotopic (exact) mass is 290 g/mol. The molecule has 0 heterocycles. The Bertz CT molecular complexity index is 291. The van der Waals surface area contributed by atoms with Crippen molar-refractivity contribution < 1.29 is 28.9 Å². The molecule has 6 heteroatoms. The molecule has 0 aromatic heterocycles. The fraction of sp³-hybridized carbons (Fsp3) is 0.857. The lowest BCUT2D eigenvalue weighted by molar-refractivity contribution is -0.170. The number of carbonyl (C=O) groups is 2. The van der Waals surface area contributed by atoms with E-state index in [0.29, 0.717) is 32.7 Å². The summed E-state index contributed by atoms with van der Waals surface area (Å²) in [5.74, 6) is -1.76. The number of carboxylic acids is 1. The number of hydrogen-bond acceptors (Lipinski definition) is 5. The SMILES string of the molecule is CCCC(CCCOCCOC)(C(=O)O)C(=O)OCC. The van der Waals surface area contributed by atoms with E-state index in [1.54, 1.807) is 14.0 Å². The molecule has 0 amide bonds. The van der Waals surface area contributed by atoms with Crippen molar-refractivity contribution in [2.75, 3.05) is 33.5 Å². The smallest absolute Gasteiger partial charge is 0.323 e. The van der Waals surface area contributed by atoms with Crippen LogP contribution in [0.3, 0.4) is 0 Å². The van der Waals surface area contributed by atoms with Crippen molar-refractivity contribution in [2.45, 2.75) is 39.5 Å². The maximum Gasteiger partial charge on any atom is 0.323 e. The summed E-state index contributed by atoms with van der Waals surface area (Å²) in [6.45, 7) is 5.07. The van der Waals surface area contributed by atoms with Crippen molar-refractivity contribution >= 4 is 11.9 Å². The molecule has 0 aromatic carbocycles. The normalized spacial score (nSPS) is 13.8. The van der Waals surface area contributed by atoms with Crippen molar-refractivity contribution in [3.05, 3.63) is 0 Å². The van der Waals surface area contributed by atoms with E-state index in [0.717, 1.165) is 0 Å². The van der Waals surface area contributed by atoms with E-state index >= 15 is 0 Å². The summed E-state index contributed by atoms with van der Waals surface area (Å²) in [5.41, 5.74) is -1.45. The molecule has 0 aromatic rings. The minimum Gasteiger partial charge on any atom is -0.480 e. The summed E-state index contributed by atoms with van der Waals surface area (Å²) in [7, 11) is 1.58. The molecule has 1 N–H and O–H groups in total. The molecule has 0 aliphatic rings. The highest BCUT2D eigenvalue weighted by atomic mass is 16.5. The van der Waals surface area contributed by atoms with Crippen molar-refractivity contribution in [2.24, 2.45) is 5.41 Å². The van der Waals surface area contributed by atoms with Gasteiger partial charge in [-0.3, -0.25) is 9.59 Å². The Morgan fingerprint density at radius 2 is 1.80 bits per heavy atom. The predicted molar refractivity (Wildman–Crippen MR) is 73.5 cm³/mol. The minimum absolute atomic E-state index is 0.182. The molecule has 20 heavy (non-hydrogen) atoms. The predicted octanol–water partition coefficient (Wildman–Crippen LogP) is 1.86. The van der Waals surface area contributed by atoms with Crippen LogP contribution in [0.15, 0.2) is 0 Å². The Morgan fingerprint density at radius 1 is 1.10 bits per heavy atom. The largest absolute Gasteiger partial charge is 0.480 e. The average molecular weight is 290 g/mol. The summed E-state index contributed by atoms with van der Waals surface area (Å²) in [6, 6.07) is 0. The van der Waals surface area contributed by atoms with Gasteiger partial charge in [-0.25, -0.2) is 0 Å². The highest BCUT2D eigenvalue weighted by molar-refractivity contribution is 5.99. The zero-order chi connectivity index (χ0) is 15.4. The van der Waals surface area contributed by atoms with E-state index in [4.69, 9.17) is 14.2 Å². The van der Waals surface area contributed by atoms with Gasteiger partial charge in [0.2, 0.25) is 0 Å². The van der Waals surface area contributed by atoms with Crippen LogP contribution in [0.25, 0.3) is 0 Å². The molecule has 1 unspecified atom stereocenters. The van der Waals surface area contributed by atoms with E-state index in [2.05, 4.69) is 0 Å². The number of ether oxygens (including phenoxy) is 3. The van der Waals surface area contributed by atoms with Crippen LogP contribution in [0.5, 0.6) is 0 Å². The number of hydrogen-bond donors (Lipinski definition) is 1. The number of carbonyl (C=O) groups excluding carboxylic acids is 1. The van der Waals surface area contributed by atoms with Gasteiger partial charge in [0, 0.05) is 13.7 Å². The number of methoxy groups -OCH3 is 1. The third kappa shape index (κ3) is 5.88. The molecular weight excluding hydrogens is 264 g/mol. The van der Waals surface area contributed by atoms with Gasteiger partial charge < -0.3 is 19.3 Å². The standard InChI is InChI=1S/C14H26O6/c1-4-7-14(12(15)16,13(17)20-5-2)8-6-9-19-11-10-18-3/h4-11H2,1-3H3,(H,15,16). The van der Waals surface area contributed by atoms with E-state index in [1.807, 2.05) is 6.92 Å². The van der Waals surface area contributed by atoms with Crippen LogP contribution in [-0.2, 0) is 23.8 Å². The van der Waals surface area contributed by atoms with Crippen molar-refractivity contribution in [3.63, 3.8) is 0 Å². The van der Waals surface area contributed by atoms with Gasteiger partial charge in [-0.05, 0) is 26.2 Å². The van der Waals surface area contributed by atoms with Gasteiger partial charge in [0.15, 0.2) is 5.41 Å². The van der Waals surface area contributed by atoms with Crippen LogP contribution >= 0.6 is 0 Å². The molecule has 0 saturated carbocycles. The Hall–Kier alpha value is -1.14. The van der Waals surface area contributed by atoms with E-state index in [-0.39, 0.29) is 19.4 Å².